The zero-order valence-electron chi connectivity index (χ0n) is 7.01. The predicted molar refractivity (Wildman–Crippen MR) is 47.2 cm³/mol. The standard InChI is InChI=1S/C8H9N5/c9-6-3-4-7-10-11-8(5-1-2-5)13(7)12-6/h3-5H,1-2H2,(H2,9,12). The quantitative estimate of drug-likeness (QED) is 0.688. The van der Waals surface area contributed by atoms with Gasteiger partial charge in [0.15, 0.2) is 11.5 Å². The molecule has 1 aliphatic carbocycles. The van der Waals surface area contributed by atoms with Gasteiger partial charge in [-0.2, -0.15) is 4.52 Å². The van der Waals surface area contributed by atoms with Crippen LogP contribution in [0, 0.1) is 0 Å². The fourth-order valence-corrected chi connectivity index (χ4v) is 1.42. The Kier molecular flexibility index (Phi) is 1.15. The monoisotopic (exact) mass is 175 g/mol. The van der Waals surface area contributed by atoms with E-state index >= 15 is 0 Å². The molecule has 0 saturated heterocycles. The molecule has 66 valence electrons. The fraction of sp³-hybridized carbons (Fsp3) is 0.375. The van der Waals surface area contributed by atoms with Crippen LogP contribution in [0.2, 0.25) is 0 Å². The molecule has 3 rings (SSSR count). The Labute approximate surface area is 74.6 Å². The van der Waals surface area contributed by atoms with Crippen molar-refractivity contribution in [2.45, 2.75) is 18.8 Å². The molecule has 1 aliphatic rings. The van der Waals surface area contributed by atoms with Gasteiger partial charge < -0.3 is 5.73 Å². The van der Waals surface area contributed by atoms with Crippen molar-refractivity contribution < 1.29 is 0 Å². The van der Waals surface area contributed by atoms with Crippen LogP contribution in [0.5, 0.6) is 0 Å². The van der Waals surface area contributed by atoms with E-state index in [4.69, 9.17) is 5.73 Å². The number of nitrogens with two attached hydrogens (primary N) is 1. The molecule has 5 nitrogen and oxygen atoms in total. The van der Waals surface area contributed by atoms with Crippen LogP contribution in [0.4, 0.5) is 5.82 Å². The van der Waals surface area contributed by atoms with E-state index in [1.54, 1.807) is 10.6 Å². The molecule has 0 bridgehead atoms. The Morgan fingerprint density at radius 2 is 2.15 bits per heavy atom. The third-order valence-corrected chi connectivity index (χ3v) is 2.25. The molecule has 1 saturated carbocycles. The summed E-state index contributed by atoms with van der Waals surface area (Å²) in [6.07, 6.45) is 2.38. The summed E-state index contributed by atoms with van der Waals surface area (Å²) in [5.74, 6) is 2.00. The summed E-state index contributed by atoms with van der Waals surface area (Å²) in [6.45, 7) is 0. The molecule has 0 aliphatic heterocycles. The molecule has 2 N–H and O–H groups in total. The van der Waals surface area contributed by atoms with Crippen molar-refractivity contribution in [3.05, 3.63) is 18.0 Å². The summed E-state index contributed by atoms with van der Waals surface area (Å²) in [5.41, 5.74) is 6.36. The van der Waals surface area contributed by atoms with Crippen LogP contribution in [-0.2, 0) is 0 Å². The van der Waals surface area contributed by atoms with Crippen molar-refractivity contribution in [2.24, 2.45) is 0 Å². The molecule has 0 aromatic carbocycles. The van der Waals surface area contributed by atoms with E-state index in [1.807, 2.05) is 6.07 Å². The second-order valence-corrected chi connectivity index (χ2v) is 3.36. The lowest BCUT2D eigenvalue weighted by Crippen LogP contribution is -2.00. The highest BCUT2D eigenvalue weighted by atomic mass is 15.4. The molecule has 0 radical (unpaired) electrons. The Morgan fingerprint density at radius 3 is 2.92 bits per heavy atom. The van der Waals surface area contributed by atoms with Crippen molar-refractivity contribution in [1.82, 2.24) is 19.8 Å². The molecular formula is C8H9N5. The molecular weight excluding hydrogens is 166 g/mol. The predicted octanol–water partition coefficient (Wildman–Crippen LogP) is 0.584. The fourth-order valence-electron chi connectivity index (χ4n) is 1.42. The highest BCUT2D eigenvalue weighted by Gasteiger charge is 2.29. The average molecular weight is 175 g/mol. The Balaban J connectivity index is 2.29. The van der Waals surface area contributed by atoms with Gasteiger partial charge in [-0.3, -0.25) is 0 Å². The summed E-state index contributed by atoms with van der Waals surface area (Å²) in [4.78, 5) is 0. The molecule has 2 aromatic rings. The van der Waals surface area contributed by atoms with Gasteiger partial charge in [0.25, 0.3) is 0 Å². The maximum atomic E-state index is 5.59. The number of hydrogen-bond acceptors (Lipinski definition) is 4. The SMILES string of the molecule is Nc1ccc2nnc(C3CC3)n2n1. The topological polar surface area (TPSA) is 69.1 Å². The van der Waals surface area contributed by atoms with Crippen molar-refractivity contribution in [3.63, 3.8) is 0 Å². The Bertz CT molecular complexity index is 457. The normalized spacial score (nSPS) is 16.6. The van der Waals surface area contributed by atoms with Gasteiger partial charge in [0, 0.05) is 5.92 Å². The zero-order chi connectivity index (χ0) is 8.84. The van der Waals surface area contributed by atoms with Crippen molar-refractivity contribution in [1.29, 1.82) is 0 Å². The largest absolute Gasteiger partial charge is 0.382 e. The van der Waals surface area contributed by atoms with E-state index in [9.17, 15) is 0 Å². The van der Waals surface area contributed by atoms with Crippen LogP contribution < -0.4 is 5.73 Å². The van der Waals surface area contributed by atoms with Crippen LogP contribution in [-0.4, -0.2) is 19.8 Å². The third kappa shape index (κ3) is 0.965. The van der Waals surface area contributed by atoms with Gasteiger partial charge in [-0.05, 0) is 25.0 Å². The van der Waals surface area contributed by atoms with Crippen LogP contribution in [0.25, 0.3) is 5.65 Å². The van der Waals surface area contributed by atoms with E-state index in [-0.39, 0.29) is 0 Å². The lowest BCUT2D eigenvalue weighted by Gasteiger charge is -1.96. The van der Waals surface area contributed by atoms with E-state index in [2.05, 4.69) is 15.3 Å². The zero-order valence-corrected chi connectivity index (χ0v) is 7.01. The number of fused-ring (bicyclic) bond motifs is 1. The smallest absolute Gasteiger partial charge is 0.178 e. The number of nitrogen functional groups attached to an aromatic ring is 1. The van der Waals surface area contributed by atoms with E-state index < -0.39 is 0 Å². The number of anilines is 1. The summed E-state index contributed by atoms with van der Waals surface area (Å²) in [7, 11) is 0. The van der Waals surface area contributed by atoms with Gasteiger partial charge >= 0.3 is 0 Å². The molecule has 0 unspecified atom stereocenters. The van der Waals surface area contributed by atoms with Crippen LogP contribution in [0.3, 0.4) is 0 Å². The molecule has 5 heteroatoms. The first kappa shape index (κ1) is 6.82. The lowest BCUT2D eigenvalue weighted by molar-refractivity contribution is 0.819. The number of hydrogen-bond donors (Lipinski definition) is 1. The molecule has 0 spiro atoms. The Morgan fingerprint density at radius 1 is 1.31 bits per heavy atom. The van der Waals surface area contributed by atoms with Crippen LogP contribution in [0.1, 0.15) is 24.6 Å². The lowest BCUT2D eigenvalue weighted by atomic mass is 10.4. The molecule has 2 aromatic heterocycles. The van der Waals surface area contributed by atoms with E-state index in [0.29, 0.717) is 11.7 Å². The van der Waals surface area contributed by atoms with Crippen LogP contribution >= 0.6 is 0 Å². The molecule has 0 atom stereocenters. The molecule has 1 fully saturated rings. The van der Waals surface area contributed by atoms with Crippen LogP contribution in [0.15, 0.2) is 12.1 Å². The maximum Gasteiger partial charge on any atom is 0.178 e. The first-order valence-electron chi connectivity index (χ1n) is 4.32. The summed E-state index contributed by atoms with van der Waals surface area (Å²) in [5, 5.41) is 12.3. The molecule has 13 heavy (non-hydrogen) atoms. The number of aromatic nitrogens is 4. The first-order chi connectivity index (χ1) is 6.34. The second kappa shape index (κ2) is 2.18. The van der Waals surface area contributed by atoms with Gasteiger partial charge in [-0.1, -0.05) is 0 Å². The van der Waals surface area contributed by atoms with Gasteiger partial charge in [0.1, 0.15) is 5.82 Å². The highest BCUT2D eigenvalue weighted by molar-refractivity contribution is 5.42. The summed E-state index contributed by atoms with van der Waals surface area (Å²) >= 11 is 0. The number of nitrogens with zero attached hydrogens (tertiary/aromatic N) is 4. The summed E-state index contributed by atoms with van der Waals surface area (Å²) in [6, 6.07) is 3.57. The van der Waals surface area contributed by atoms with Crippen molar-refractivity contribution in [2.75, 3.05) is 5.73 Å². The van der Waals surface area contributed by atoms with E-state index in [1.165, 1.54) is 12.8 Å². The number of rotatable bonds is 1. The maximum absolute atomic E-state index is 5.59. The van der Waals surface area contributed by atoms with Crippen molar-refractivity contribution >= 4 is 11.5 Å². The minimum Gasteiger partial charge on any atom is -0.382 e. The minimum atomic E-state index is 0.509. The van der Waals surface area contributed by atoms with Gasteiger partial charge in [0.05, 0.1) is 0 Å². The minimum absolute atomic E-state index is 0.509. The van der Waals surface area contributed by atoms with Crippen molar-refractivity contribution in [3.8, 4) is 0 Å². The first-order valence-corrected chi connectivity index (χ1v) is 4.32. The highest BCUT2D eigenvalue weighted by Crippen LogP contribution is 2.38. The van der Waals surface area contributed by atoms with Gasteiger partial charge in [-0.25, -0.2) is 0 Å². The third-order valence-electron chi connectivity index (χ3n) is 2.25. The second-order valence-electron chi connectivity index (χ2n) is 3.36. The summed E-state index contributed by atoms with van der Waals surface area (Å²) < 4.78 is 1.74. The van der Waals surface area contributed by atoms with E-state index in [0.717, 1.165) is 11.5 Å². The Hall–Kier alpha value is -1.65. The van der Waals surface area contributed by atoms with Gasteiger partial charge in [-0.15, -0.1) is 15.3 Å². The average Bonchev–Trinajstić information content (AvgIpc) is 2.87. The molecule has 2 heterocycles. The van der Waals surface area contributed by atoms with Gasteiger partial charge in [0.2, 0.25) is 0 Å². The molecule has 0 amide bonds.